The van der Waals surface area contributed by atoms with E-state index in [1.807, 2.05) is 4.90 Å². The van der Waals surface area contributed by atoms with Crippen LogP contribution in [0.3, 0.4) is 0 Å². The number of guanidine groups is 1. The fraction of sp³-hybridized carbons (Fsp3) is 0.700. The van der Waals surface area contributed by atoms with Crippen molar-refractivity contribution in [3.05, 3.63) is 0 Å². The van der Waals surface area contributed by atoms with Gasteiger partial charge in [0.2, 0.25) is 11.9 Å². The summed E-state index contributed by atoms with van der Waals surface area (Å²) in [6, 6.07) is 0. The van der Waals surface area contributed by atoms with E-state index < -0.39 is 0 Å². The molecule has 0 aliphatic carbocycles. The Morgan fingerprint density at radius 2 is 2.12 bits per heavy atom. The highest BCUT2D eigenvalue weighted by molar-refractivity contribution is 6.13. The Morgan fingerprint density at radius 3 is 2.94 bits per heavy atom. The molecule has 1 N–H and O–H groups in total. The molecule has 0 bridgehead atoms. The molecule has 1 unspecified atom stereocenters. The van der Waals surface area contributed by atoms with Crippen LogP contribution in [0.25, 0.3) is 0 Å². The molecule has 16 heavy (non-hydrogen) atoms. The zero-order chi connectivity index (χ0) is 11.0. The molecule has 0 saturated carbocycles. The zero-order valence-electron chi connectivity index (χ0n) is 8.98. The van der Waals surface area contributed by atoms with E-state index in [2.05, 4.69) is 15.3 Å². The van der Waals surface area contributed by atoms with Crippen molar-refractivity contribution in [3.8, 4) is 0 Å². The quantitative estimate of drug-likeness (QED) is 0.584. The number of ether oxygens (including phenoxy) is 1. The Hall–Kier alpha value is -1.43. The Kier molecular flexibility index (Phi) is 2.36. The molecule has 0 aromatic carbocycles. The van der Waals surface area contributed by atoms with Crippen molar-refractivity contribution >= 4 is 17.8 Å². The lowest BCUT2D eigenvalue weighted by Gasteiger charge is -2.29. The first-order chi connectivity index (χ1) is 7.84. The van der Waals surface area contributed by atoms with Gasteiger partial charge in [-0.25, -0.2) is 0 Å². The molecule has 3 aliphatic heterocycles. The average Bonchev–Trinajstić information content (AvgIpc) is 2.79. The van der Waals surface area contributed by atoms with E-state index in [0.29, 0.717) is 18.5 Å². The summed E-state index contributed by atoms with van der Waals surface area (Å²) >= 11 is 0. The average molecular weight is 222 g/mol. The number of hydrogen-bond donors (Lipinski definition) is 1. The van der Waals surface area contributed by atoms with Crippen molar-refractivity contribution in [1.82, 2.24) is 10.2 Å². The lowest BCUT2D eigenvalue weighted by molar-refractivity contribution is -0.119. The smallest absolute Gasteiger partial charge is 0.261 e. The molecule has 2 saturated heterocycles. The van der Waals surface area contributed by atoms with Crippen molar-refractivity contribution in [1.29, 1.82) is 0 Å². The predicted molar refractivity (Wildman–Crippen MR) is 58.4 cm³/mol. The maximum absolute atomic E-state index is 11.7. The summed E-state index contributed by atoms with van der Waals surface area (Å²) in [5, 5.41) is 3.25. The van der Waals surface area contributed by atoms with Gasteiger partial charge in [0.15, 0.2) is 0 Å². The Balaban J connectivity index is 1.82. The van der Waals surface area contributed by atoms with E-state index in [4.69, 9.17) is 4.74 Å². The summed E-state index contributed by atoms with van der Waals surface area (Å²) in [6.07, 6.45) is 0.718. The third kappa shape index (κ3) is 1.59. The lowest BCUT2D eigenvalue weighted by Crippen LogP contribution is -2.47. The second-order valence-corrected chi connectivity index (χ2v) is 4.13. The summed E-state index contributed by atoms with van der Waals surface area (Å²) < 4.78 is 5.35. The topological polar surface area (TPSA) is 66.3 Å². The van der Waals surface area contributed by atoms with Gasteiger partial charge in [-0.05, 0) is 0 Å². The van der Waals surface area contributed by atoms with Gasteiger partial charge in [-0.3, -0.25) is 4.79 Å². The van der Waals surface area contributed by atoms with E-state index in [0.717, 1.165) is 32.6 Å². The maximum Gasteiger partial charge on any atom is 0.261 e. The minimum Gasteiger partial charge on any atom is -0.480 e. The van der Waals surface area contributed by atoms with Crippen molar-refractivity contribution in [3.63, 3.8) is 0 Å². The molecule has 86 valence electrons. The number of carbonyl (C=O) groups excluding carboxylic acids is 1. The van der Waals surface area contributed by atoms with Gasteiger partial charge in [0, 0.05) is 32.6 Å². The number of aliphatic imine (C=N–C) groups is 2. The van der Waals surface area contributed by atoms with Gasteiger partial charge in [0.05, 0.1) is 6.61 Å². The third-order valence-corrected chi connectivity index (χ3v) is 3.07. The standard InChI is InChI=1S/C10H14N4O2/c15-8-7-1-6-16-9(7)13-10(12-8)14-4-2-11-3-5-14/h7,11H,1-6H2. The molecule has 3 rings (SSSR count). The molecule has 6 nitrogen and oxygen atoms in total. The van der Waals surface area contributed by atoms with Crippen LogP contribution in [-0.4, -0.2) is 55.5 Å². The number of nitrogens with zero attached hydrogens (tertiary/aromatic N) is 3. The van der Waals surface area contributed by atoms with Gasteiger partial charge in [-0.15, -0.1) is 0 Å². The predicted octanol–water partition coefficient (Wildman–Crippen LogP) is -0.777. The van der Waals surface area contributed by atoms with Gasteiger partial charge in [-0.1, -0.05) is 0 Å². The maximum atomic E-state index is 11.7. The van der Waals surface area contributed by atoms with Gasteiger partial charge < -0.3 is 15.0 Å². The fourth-order valence-electron chi connectivity index (χ4n) is 2.15. The molecular formula is C10H14N4O2. The summed E-state index contributed by atoms with van der Waals surface area (Å²) in [7, 11) is 0. The monoisotopic (exact) mass is 222 g/mol. The number of piperazine rings is 1. The number of fused-ring (bicyclic) bond motifs is 1. The van der Waals surface area contributed by atoms with Crippen molar-refractivity contribution in [2.24, 2.45) is 15.9 Å². The summed E-state index contributed by atoms with van der Waals surface area (Å²) in [5.41, 5.74) is 0. The Bertz CT molecular complexity index is 371. The largest absolute Gasteiger partial charge is 0.480 e. The fourth-order valence-corrected chi connectivity index (χ4v) is 2.15. The highest BCUT2D eigenvalue weighted by Crippen LogP contribution is 2.21. The molecule has 0 aromatic heterocycles. The minimum atomic E-state index is -0.216. The third-order valence-electron chi connectivity index (χ3n) is 3.07. The lowest BCUT2D eigenvalue weighted by atomic mass is 10.1. The van der Waals surface area contributed by atoms with Gasteiger partial charge >= 0.3 is 0 Å². The Labute approximate surface area is 93.4 Å². The molecule has 0 aromatic rings. The molecule has 2 fully saturated rings. The van der Waals surface area contributed by atoms with E-state index in [-0.39, 0.29) is 11.8 Å². The number of amides is 1. The highest BCUT2D eigenvalue weighted by atomic mass is 16.5. The first-order valence-corrected chi connectivity index (χ1v) is 5.64. The normalized spacial score (nSPS) is 29.4. The van der Waals surface area contributed by atoms with Crippen LogP contribution in [0.15, 0.2) is 9.98 Å². The molecule has 6 heteroatoms. The van der Waals surface area contributed by atoms with Crippen LogP contribution in [0.2, 0.25) is 0 Å². The minimum absolute atomic E-state index is 0.101. The van der Waals surface area contributed by atoms with Gasteiger partial charge in [-0.2, -0.15) is 9.98 Å². The van der Waals surface area contributed by atoms with Crippen LogP contribution >= 0.6 is 0 Å². The molecule has 0 spiro atoms. The molecule has 3 heterocycles. The molecule has 1 amide bonds. The molecule has 3 aliphatic rings. The first-order valence-electron chi connectivity index (χ1n) is 5.64. The zero-order valence-corrected chi connectivity index (χ0v) is 8.98. The highest BCUT2D eigenvalue weighted by Gasteiger charge is 2.36. The second-order valence-electron chi connectivity index (χ2n) is 4.13. The summed E-state index contributed by atoms with van der Waals surface area (Å²) in [4.78, 5) is 22.2. The van der Waals surface area contributed by atoms with E-state index in [1.165, 1.54) is 0 Å². The number of rotatable bonds is 0. The number of nitrogens with one attached hydrogen (secondary N) is 1. The van der Waals surface area contributed by atoms with Gasteiger partial charge in [0.1, 0.15) is 5.92 Å². The van der Waals surface area contributed by atoms with Crippen LogP contribution in [0.4, 0.5) is 0 Å². The molecule has 1 atom stereocenters. The second kappa shape index (κ2) is 3.86. The van der Waals surface area contributed by atoms with Crippen LogP contribution < -0.4 is 5.32 Å². The molecular weight excluding hydrogens is 208 g/mol. The van der Waals surface area contributed by atoms with E-state index >= 15 is 0 Å². The molecule has 0 radical (unpaired) electrons. The van der Waals surface area contributed by atoms with Crippen LogP contribution in [-0.2, 0) is 9.53 Å². The first kappa shape index (κ1) is 9.77. The summed E-state index contributed by atoms with van der Waals surface area (Å²) in [5.74, 6) is 0.774. The van der Waals surface area contributed by atoms with Crippen LogP contribution in [0.1, 0.15) is 6.42 Å². The Morgan fingerprint density at radius 1 is 1.31 bits per heavy atom. The van der Waals surface area contributed by atoms with Crippen molar-refractivity contribution in [2.75, 3.05) is 32.8 Å². The number of hydrogen-bond acceptors (Lipinski definition) is 5. The van der Waals surface area contributed by atoms with Crippen LogP contribution in [0, 0.1) is 5.92 Å². The van der Waals surface area contributed by atoms with Crippen molar-refractivity contribution < 1.29 is 9.53 Å². The SMILES string of the molecule is O=C1N=C(N2CCNCC2)N=C2OCCC12. The number of carbonyl (C=O) groups is 1. The van der Waals surface area contributed by atoms with E-state index in [1.54, 1.807) is 0 Å². The van der Waals surface area contributed by atoms with Crippen LogP contribution in [0.5, 0.6) is 0 Å². The summed E-state index contributed by atoms with van der Waals surface area (Å²) in [6.45, 7) is 4.07. The van der Waals surface area contributed by atoms with Gasteiger partial charge in [0.25, 0.3) is 5.91 Å². The van der Waals surface area contributed by atoms with Crippen molar-refractivity contribution in [2.45, 2.75) is 6.42 Å². The van der Waals surface area contributed by atoms with E-state index in [9.17, 15) is 4.79 Å².